The minimum absolute atomic E-state index is 0.386. The Labute approximate surface area is 98.1 Å². The maximum atomic E-state index is 11.3. The Balaban J connectivity index is 2.76. The summed E-state index contributed by atoms with van der Waals surface area (Å²) >= 11 is 11.7. The molecule has 0 spiro atoms. The molecule has 15 heavy (non-hydrogen) atoms. The molecular formula is C10H10Cl2N2O. The van der Waals surface area contributed by atoms with Gasteiger partial charge in [-0.2, -0.15) is 0 Å². The molecule has 0 saturated heterocycles. The summed E-state index contributed by atoms with van der Waals surface area (Å²) in [5.74, 6) is 0. The molecule has 2 amide bonds. The fourth-order valence-electron chi connectivity index (χ4n) is 0.926. The Bertz CT molecular complexity index is 371. The zero-order chi connectivity index (χ0) is 11.3. The van der Waals surface area contributed by atoms with Crippen LogP contribution in [0, 0.1) is 0 Å². The van der Waals surface area contributed by atoms with Gasteiger partial charge < -0.3 is 10.6 Å². The predicted octanol–water partition coefficient (Wildman–Crippen LogP) is 3.65. The van der Waals surface area contributed by atoms with Gasteiger partial charge in [-0.25, -0.2) is 4.79 Å². The molecule has 0 bridgehead atoms. The van der Waals surface area contributed by atoms with Crippen molar-refractivity contribution in [2.45, 2.75) is 6.92 Å². The van der Waals surface area contributed by atoms with Crippen LogP contribution < -0.4 is 10.6 Å². The minimum atomic E-state index is -0.386. The molecule has 0 aliphatic heterocycles. The first kappa shape index (κ1) is 11.9. The van der Waals surface area contributed by atoms with E-state index < -0.39 is 0 Å². The monoisotopic (exact) mass is 244 g/mol. The zero-order valence-electron chi connectivity index (χ0n) is 8.05. The molecule has 0 saturated carbocycles. The second-order valence-electron chi connectivity index (χ2n) is 2.70. The van der Waals surface area contributed by atoms with Crippen molar-refractivity contribution < 1.29 is 4.79 Å². The van der Waals surface area contributed by atoms with Crippen LogP contribution in [0.4, 0.5) is 10.5 Å². The lowest BCUT2D eigenvalue weighted by molar-refractivity contribution is 0.255. The first-order chi connectivity index (χ1) is 7.15. The number of para-hydroxylation sites is 1. The number of anilines is 1. The summed E-state index contributed by atoms with van der Waals surface area (Å²) in [4.78, 5) is 11.3. The number of urea groups is 1. The van der Waals surface area contributed by atoms with Gasteiger partial charge in [0.15, 0.2) is 0 Å². The van der Waals surface area contributed by atoms with Crippen LogP contribution in [0.5, 0.6) is 0 Å². The minimum Gasteiger partial charge on any atom is -0.315 e. The maximum absolute atomic E-state index is 11.3. The van der Waals surface area contributed by atoms with Crippen LogP contribution in [0.2, 0.25) is 10.0 Å². The number of hydrogen-bond acceptors (Lipinski definition) is 1. The van der Waals surface area contributed by atoms with Gasteiger partial charge in [0, 0.05) is 6.20 Å². The highest BCUT2D eigenvalue weighted by atomic mass is 35.5. The van der Waals surface area contributed by atoms with Gasteiger partial charge >= 0.3 is 6.03 Å². The van der Waals surface area contributed by atoms with Crippen LogP contribution in [0.15, 0.2) is 30.5 Å². The SMILES string of the molecule is C/C=C/NC(=O)Nc1c(Cl)cccc1Cl. The zero-order valence-corrected chi connectivity index (χ0v) is 9.56. The van der Waals surface area contributed by atoms with Crippen molar-refractivity contribution in [3.63, 3.8) is 0 Å². The number of allylic oxidation sites excluding steroid dienone is 1. The topological polar surface area (TPSA) is 41.1 Å². The molecule has 1 aromatic carbocycles. The van der Waals surface area contributed by atoms with Crippen LogP contribution >= 0.6 is 23.2 Å². The number of nitrogens with one attached hydrogen (secondary N) is 2. The van der Waals surface area contributed by atoms with Crippen LogP contribution in [0.3, 0.4) is 0 Å². The Hall–Kier alpha value is -1.19. The van der Waals surface area contributed by atoms with Crippen LogP contribution in [-0.4, -0.2) is 6.03 Å². The summed E-state index contributed by atoms with van der Waals surface area (Å²) in [6.07, 6.45) is 3.22. The largest absolute Gasteiger partial charge is 0.323 e. The average molecular weight is 245 g/mol. The highest BCUT2D eigenvalue weighted by Crippen LogP contribution is 2.29. The van der Waals surface area contributed by atoms with E-state index in [1.165, 1.54) is 6.20 Å². The van der Waals surface area contributed by atoms with Gasteiger partial charge in [0.1, 0.15) is 0 Å². The van der Waals surface area contributed by atoms with Gasteiger partial charge in [0.25, 0.3) is 0 Å². The Morgan fingerprint density at radius 3 is 2.47 bits per heavy atom. The highest BCUT2D eigenvalue weighted by molar-refractivity contribution is 6.39. The number of carbonyl (C=O) groups excluding carboxylic acids is 1. The van der Waals surface area contributed by atoms with Crippen molar-refractivity contribution in [3.8, 4) is 0 Å². The molecule has 0 aromatic heterocycles. The summed E-state index contributed by atoms with van der Waals surface area (Å²) < 4.78 is 0. The number of benzene rings is 1. The second kappa shape index (κ2) is 5.63. The quantitative estimate of drug-likeness (QED) is 0.820. The molecule has 0 heterocycles. The lowest BCUT2D eigenvalue weighted by Gasteiger charge is -2.08. The van der Waals surface area contributed by atoms with Gasteiger partial charge in [-0.3, -0.25) is 0 Å². The van der Waals surface area contributed by atoms with E-state index in [9.17, 15) is 4.79 Å². The van der Waals surface area contributed by atoms with Crippen molar-refractivity contribution in [3.05, 3.63) is 40.5 Å². The molecular weight excluding hydrogens is 235 g/mol. The standard InChI is InChI=1S/C10H10Cl2N2O/c1-2-6-13-10(15)14-9-7(11)4-3-5-8(9)12/h2-6H,1H3,(H2,13,14,15)/b6-2+. The molecule has 0 unspecified atom stereocenters. The van der Waals surface area contributed by atoms with Crippen molar-refractivity contribution >= 4 is 34.9 Å². The van der Waals surface area contributed by atoms with E-state index in [0.717, 1.165) is 0 Å². The van der Waals surface area contributed by atoms with Crippen LogP contribution in [0.1, 0.15) is 6.92 Å². The van der Waals surface area contributed by atoms with Crippen LogP contribution in [-0.2, 0) is 0 Å². The van der Waals surface area contributed by atoms with Gasteiger partial charge in [-0.1, -0.05) is 35.3 Å². The van der Waals surface area contributed by atoms with E-state index in [2.05, 4.69) is 10.6 Å². The number of rotatable bonds is 2. The number of carbonyl (C=O) groups is 1. The summed E-state index contributed by atoms with van der Waals surface area (Å²) in [5, 5.41) is 5.84. The van der Waals surface area contributed by atoms with E-state index in [4.69, 9.17) is 23.2 Å². The molecule has 0 fully saturated rings. The Kier molecular flexibility index (Phi) is 4.46. The van der Waals surface area contributed by atoms with E-state index >= 15 is 0 Å². The van der Waals surface area contributed by atoms with Gasteiger partial charge in [0.05, 0.1) is 15.7 Å². The molecule has 1 rings (SSSR count). The summed E-state index contributed by atoms with van der Waals surface area (Å²) in [7, 11) is 0. The highest BCUT2D eigenvalue weighted by Gasteiger charge is 2.07. The first-order valence-corrected chi connectivity index (χ1v) is 5.03. The molecule has 0 aliphatic rings. The average Bonchev–Trinajstić information content (AvgIpc) is 2.21. The third-order valence-electron chi connectivity index (χ3n) is 1.58. The summed E-state index contributed by atoms with van der Waals surface area (Å²) in [5.41, 5.74) is 0.405. The molecule has 0 radical (unpaired) electrons. The number of halogens is 2. The van der Waals surface area contributed by atoms with Gasteiger partial charge in [-0.05, 0) is 19.1 Å². The molecule has 0 aliphatic carbocycles. The number of hydrogen-bond donors (Lipinski definition) is 2. The molecule has 5 heteroatoms. The van der Waals surface area contributed by atoms with Crippen molar-refractivity contribution in [2.24, 2.45) is 0 Å². The smallest absolute Gasteiger partial charge is 0.315 e. The van der Waals surface area contributed by atoms with E-state index in [-0.39, 0.29) is 6.03 Å². The molecule has 3 nitrogen and oxygen atoms in total. The van der Waals surface area contributed by atoms with Crippen molar-refractivity contribution in [1.82, 2.24) is 5.32 Å². The second-order valence-corrected chi connectivity index (χ2v) is 3.51. The van der Waals surface area contributed by atoms with Crippen molar-refractivity contribution in [2.75, 3.05) is 5.32 Å². The Morgan fingerprint density at radius 1 is 1.33 bits per heavy atom. The summed E-state index contributed by atoms with van der Waals surface area (Å²) in [6.45, 7) is 1.79. The van der Waals surface area contributed by atoms with Gasteiger partial charge in [0.2, 0.25) is 0 Å². The fourth-order valence-corrected chi connectivity index (χ4v) is 1.42. The normalized spacial score (nSPS) is 10.3. The lowest BCUT2D eigenvalue weighted by Crippen LogP contribution is -2.24. The lowest BCUT2D eigenvalue weighted by atomic mass is 10.3. The van der Waals surface area contributed by atoms with Gasteiger partial charge in [-0.15, -0.1) is 0 Å². The van der Waals surface area contributed by atoms with E-state index in [1.807, 2.05) is 0 Å². The fraction of sp³-hybridized carbons (Fsp3) is 0.100. The molecule has 2 N–H and O–H groups in total. The Morgan fingerprint density at radius 2 is 1.93 bits per heavy atom. The van der Waals surface area contributed by atoms with Crippen molar-refractivity contribution in [1.29, 1.82) is 0 Å². The van der Waals surface area contributed by atoms with E-state index in [0.29, 0.717) is 15.7 Å². The predicted molar refractivity (Wildman–Crippen MR) is 63.4 cm³/mol. The number of amides is 2. The van der Waals surface area contributed by atoms with E-state index in [1.54, 1.807) is 31.2 Å². The molecule has 1 aromatic rings. The summed E-state index contributed by atoms with van der Waals surface area (Å²) in [6, 6.07) is 4.63. The molecule has 80 valence electrons. The molecule has 0 atom stereocenters. The third kappa shape index (κ3) is 3.46. The first-order valence-electron chi connectivity index (χ1n) is 4.28. The third-order valence-corrected chi connectivity index (χ3v) is 2.21. The van der Waals surface area contributed by atoms with Crippen LogP contribution in [0.25, 0.3) is 0 Å². The maximum Gasteiger partial charge on any atom is 0.323 e.